The number of benzene rings is 2. The lowest BCUT2D eigenvalue weighted by Crippen LogP contribution is -1.97. The number of nitro benzene ring substituents is 1. The van der Waals surface area contributed by atoms with Crippen LogP contribution in [0.4, 0.5) is 5.69 Å². The van der Waals surface area contributed by atoms with E-state index in [4.69, 9.17) is 47.0 Å². The molecule has 0 atom stereocenters. The monoisotopic (exact) mass is 427 g/mol. The Labute approximate surface area is 167 Å². The van der Waals surface area contributed by atoms with Gasteiger partial charge in [-0.05, 0) is 36.5 Å². The molecule has 1 N–H and O–H groups in total. The van der Waals surface area contributed by atoms with Crippen molar-refractivity contribution in [1.29, 1.82) is 0 Å². The number of non-ortho nitro benzene ring substituents is 1. The highest BCUT2D eigenvalue weighted by molar-refractivity contribution is 7.71. The molecule has 2 aromatic carbocycles. The van der Waals surface area contributed by atoms with Gasteiger partial charge in [0.05, 0.1) is 16.2 Å². The van der Waals surface area contributed by atoms with E-state index in [-0.39, 0.29) is 10.5 Å². The van der Waals surface area contributed by atoms with Gasteiger partial charge in [-0.3, -0.25) is 10.1 Å². The van der Waals surface area contributed by atoms with Crippen LogP contribution in [0.15, 0.2) is 41.5 Å². The number of rotatable bonds is 4. The van der Waals surface area contributed by atoms with Crippen LogP contribution in [0, 0.1) is 14.9 Å². The topological polar surface area (TPSA) is 89.1 Å². The van der Waals surface area contributed by atoms with Crippen molar-refractivity contribution in [2.24, 2.45) is 5.10 Å². The zero-order valence-corrected chi connectivity index (χ0v) is 15.8. The van der Waals surface area contributed by atoms with Crippen LogP contribution >= 0.6 is 47.0 Å². The molecule has 0 unspecified atom stereocenters. The fraction of sp³-hybridized carbons (Fsp3) is 0. The average molecular weight is 429 g/mol. The largest absolute Gasteiger partial charge is 0.270 e. The second kappa shape index (κ2) is 7.55. The third kappa shape index (κ3) is 3.78. The van der Waals surface area contributed by atoms with E-state index in [0.717, 1.165) is 0 Å². The molecule has 0 radical (unpaired) electrons. The molecule has 0 aliphatic carbocycles. The van der Waals surface area contributed by atoms with Gasteiger partial charge >= 0.3 is 0 Å². The van der Waals surface area contributed by atoms with Crippen LogP contribution in [0.5, 0.6) is 0 Å². The number of halogens is 3. The molecule has 0 fully saturated rings. The maximum absolute atomic E-state index is 10.9. The molecule has 0 spiro atoms. The van der Waals surface area contributed by atoms with Gasteiger partial charge in [-0.2, -0.15) is 14.9 Å². The van der Waals surface area contributed by atoms with Crippen LogP contribution in [-0.2, 0) is 0 Å². The Bertz CT molecular complexity index is 1090. The second-order valence-corrected chi connectivity index (χ2v) is 6.63. The summed E-state index contributed by atoms with van der Waals surface area (Å²) in [5.74, 6) is 0.356. The Kier molecular flexibility index (Phi) is 5.38. The maximum Gasteiger partial charge on any atom is 0.270 e. The summed E-state index contributed by atoms with van der Waals surface area (Å²) in [6.45, 7) is 0. The van der Waals surface area contributed by atoms with E-state index in [1.165, 1.54) is 29.1 Å². The van der Waals surface area contributed by atoms with E-state index in [1.807, 2.05) is 0 Å². The smallest absolute Gasteiger partial charge is 0.258 e. The first kappa shape index (κ1) is 18.5. The molecular weight excluding hydrogens is 421 g/mol. The second-order valence-electron chi connectivity index (χ2n) is 5.00. The Morgan fingerprint density at radius 2 is 1.96 bits per heavy atom. The van der Waals surface area contributed by atoms with Crippen LogP contribution in [0.25, 0.3) is 11.4 Å². The summed E-state index contributed by atoms with van der Waals surface area (Å²) in [5, 5.41) is 23.0. The fourth-order valence-corrected chi connectivity index (χ4v) is 2.95. The van der Waals surface area contributed by atoms with Crippen molar-refractivity contribution in [2.45, 2.75) is 0 Å². The minimum atomic E-state index is -0.518. The van der Waals surface area contributed by atoms with Crippen molar-refractivity contribution in [2.75, 3.05) is 0 Å². The highest BCUT2D eigenvalue weighted by atomic mass is 35.5. The van der Waals surface area contributed by atoms with Gasteiger partial charge in [0.15, 0.2) is 5.82 Å². The van der Waals surface area contributed by atoms with Crippen molar-refractivity contribution < 1.29 is 4.92 Å². The van der Waals surface area contributed by atoms with Gasteiger partial charge in [0.1, 0.15) is 0 Å². The quantitative estimate of drug-likeness (QED) is 0.262. The Morgan fingerprint density at radius 3 is 2.65 bits per heavy atom. The molecule has 0 amide bonds. The Balaban J connectivity index is 2.06. The third-order valence-electron chi connectivity index (χ3n) is 3.33. The van der Waals surface area contributed by atoms with Crippen LogP contribution in [0.3, 0.4) is 0 Å². The van der Waals surface area contributed by atoms with Gasteiger partial charge in [0.25, 0.3) is 5.69 Å². The molecule has 0 aliphatic heterocycles. The molecule has 0 bridgehead atoms. The number of aromatic nitrogens is 3. The molecule has 1 aromatic heterocycles. The average Bonchev–Trinajstić information content (AvgIpc) is 2.94. The van der Waals surface area contributed by atoms with Crippen molar-refractivity contribution in [1.82, 2.24) is 14.9 Å². The molecule has 3 aromatic rings. The van der Waals surface area contributed by atoms with Gasteiger partial charge < -0.3 is 0 Å². The van der Waals surface area contributed by atoms with Gasteiger partial charge in [-0.1, -0.05) is 34.8 Å². The number of hydrogen-bond donors (Lipinski definition) is 1. The van der Waals surface area contributed by atoms with E-state index in [0.29, 0.717) is 32.0 Å². The predicted molar refractivity (Wildman–Crippen MR) is 104 cm³/mol. The molecule has 132 valence electrons. The van der Waals surface area contributed by atoms with Crippen LogP contribution in [0.2, 0.25) is 15.1 Å². The zero-order valence-electron chi connectivity index (χ0n) is 12.7. The first-order valence-electron chi connectivity index (χ1n) is 6.98. The van der Waals surface area contributed by atoms with E-state index in [1.54, 1.807) is 18.2 Å². The lowest BCUT2D eigenvalue weighted by Gasteiger charge is -2.04. The molecule has 0 aliphatic rings. The molecule has 0 saturated heterocycles. The summed E-state index contributed by atoms with van der Waals surface area (Å²) in [6.07, 6.45) is 1.36. The van der Waals surface area contributed by atoms with Crippen LogP contribution in [-0.4, -0.2) is 26.0 Å². The Morgan fingerprint density at radius 1 is 1.19 bits per heavy atom. The van der Waals surface area contributed by atoms with Crippen molar-refractivity contribution in [3.8, 4) is 11.4 Å². The summed E-state index contributed by atoms with van der Waals surface area (Å²) >= 11 is 23.4. The molecule has 26 heavy (non-hydrogen) atoms. The number of aromatic amines is 1. The van der Waals surface area contributed by atoms with Crippen molar-refractivity contribution >= 4 is 58.9 Å². The van der Waals surface area contributed by atoms with Crippen molar-refractivity contribution in [3.05, 3.63) is 71.9 Å². The SMILES string of the molecule is O=[N+]([O-])c1ccc(Cl)c(/C=N/n2c(-c3ccc(Cl)cc3Cl)n[nH]c2=S)c1. The first-order chi connectivity index (χ1) is 12.4. The highest BCUT2D eigenvalue weighted by Crippen LogP contribution is 2.29. The highest BCUT2D eigenvalue weighted by Gasteiger charge is 2.13. The third-order valence-corrected chi connectivity index (χ3v) is 4.48. The van der Waals surface area contributed by atoms with E-state index < -0.39 is 4.92 Å². The number of hydrogen-bond acceptors (Lipinski definition) is 5. The first-order valence-corrected chi connectivity index (χ1v) is 8.52. The summed E-state index contributed by atoms with van der Waals surface area (Å²) in [7, 11) is 0. The number of nitrogens with one attached hydrogen (secondary N) is 1. The van der Waals surface area contributed by atoms with Gasteiger partial charge in [0, 0.05) is 33.3 Å². The Hall–Kier alpha value is -2.26. The van der Waals surface area contributed by atoms with E-state index >= 15 is 0 Å². The molecular formula is C15H8Cl3N5O2S. The normalized spacial score (nSPS) is 11.2. The fourth-order valence-electron chi connectivity index (χ4n) is 2.11. The standard InChI is InChI=1S/C15H8Cl3N5O2S/c16-9-1-3-11(13(18)6-9)14-20-21-15(26)22(14)19-7-8-5-10(23(24)25)2-4-12(8)17/h1-7H,(H,21,26)/b19-7+. The van der Waals surface area contributed by atoms with Gasteiger partial charge in [-0.15, -0.1) is 0 Å². The number of H-pyrrole nitrogens is 1. The van der Waals surface area contributed by atoms with Gasteiger partial charge in [-0.25, -0.2) is 5.10 Å². The van der Waals surface area contributed by atoms with Crippen molar-refractivity contribution in [3.63, 3.8) is 0 Å². The van der Waals surface area contributed by atoms with Crippen LogP contribution < -0.4 is 0 Å². The summed E-state index contributed by atoms with van der Waals surface area (Å²) in [5.41, 5.74) is 0.815. The number of nitrogens with zero attached hydrogens (tertiary/aromatic N) is 4. The van der Waals surface area contributed by atoms with Crippen LogP contribution in [0.1, 0.15) is 5.56 Å². The minimum absolute atomic E-state index is 0.104. The molecule has 3 rings (SSSR count). The lowest BCUT2D eigenvalue weighted by molar-refractivity contribution is -0.384. The van der Waals surface area contributed by atoms with E-state index in [9.17, 15) is 10.1 Å². The molecule has 11 heteroatoms. The summed E-state index contributed by atoms with van der Waals surface area (Å²) in [4.78, 5) is 10.4. The molecule has 0 saturated carbocycles. The van der Waals surface area contributed by atoms with E-state index in [2.05, 4.69) is 15.3 Å². The predicted octanol–water partition coefficient (Wildman–Crippen LogP) is 5.36. The number of nitro groups is 1. The summed E-state index contributed by atoms with van der Waals surface area (Å²) in [6, 6.07) is 8.95. The summed E-state index contributed by atoms with van der Waals surface area (Å²) < 4.78 is 1.54. The zero-order chi connectivity index (χ0) is 18.8. The van der Waals surface area contributed by atoms with Gasteiger partial charge in [0.2, 0.25) is 4.77 Å². The minimum Gasteiger partial charge on any atom is -0.258 e. The lowest BCUT2D eigenvalue weighted by atomic mass is 10.2. The maximum atomic E-state index is 10.9. The molecule has 1 heterocycles. The molecule has 7 nitrogen and oxygen atoms in total.